The lowest BCUT2D eigenvalue weighted by atomic mass is 9.92. The number of rotatable bonds is 8. The monoisotopic (exact) mass is 243 g/mol. The second-order valence-electron chi connectivity index (χ2n) is 6.07. The molecule has 0 unspecified atom stereocenters. The van der Waals surface area contributed by atoms with Gasteiger partial charge in [-0.05, 0) is 38.5 Å². The van der Waals surface area contributed by atoms with Crippen molar-refractivity contribution in [2.75, 3.05) is 13.2 Å². The van der Waals surface area contributed by atoms with Crippen LogP contribution < -0.4 is 5.32 Å². The summed E-state index contributed by atoms with van der Waals surface area (Å²) in [6, 6.07) is 0. The first-order valence-electron chi connectivity index (χ1n) is 6.69. The zero-order valence-corrected chi connectivity index (χ0v) is 12.1. The molecule has 102 valence electrons. The highest BCUT2D eigenvalue weighted by Crippen LogP contribution is 2.17. The topological polar surface area (TPSA) is 38.3 Å². The Kier molecular flexibility index (Phi) is 8.23. The second-order valence-corrected chi connectivity index (χ2v) is 6.07. The molecule has 17 heavy (non-hydrogen) atoms. The Morgan fingerprint density at radius 3 is 2.35 bits per heavy atom. The fourth-order valence-electron chi connectivity index (χ4n) is 1.49. The third kappa shape index (κ3) is 13.4. The predicted molar refractivity (Wildman–Crippen MR) is 72.0 cm³/mol. The molecule has 0 aliphatic rings. The van der Waals surface area contributed by atoms with E-state index in [0.717, 1.165) is 32.4 Å². The van der Waals surface area contributed by atoms with Gasteiger partial charge in [0, 0.05) is 19.6 Å². The summed E-state index contributed by atoms with van der Waals surface area (Å²) in [7, 11) is 0. The van der Waals surface area contributed by atoms with Gasteiger partial charge in [0.1, 0.15) is 0 Å². The minimum Gasteiger partial charge on any atom is -0.379 e. The van der Waals surface area contributed by atoms with Crippen molar-refractivity contribution in [1.82, 2.24) is 5.32 Å². The number of carbonyl (C=O) groups excluding carboxylic acids is 1. The lowest BCUT2D eigenvalue weighted by molar-refractivity contribution is -0.122. The predicted octanol–water partition coefficient (Wildman–Crippen LogP) is 3.13. The van der Waals surface area contributed by atoms with E-state index in [9.17, 15) is 4.79 Å². The van der Waals surface area contributed by atoms with E-state index < -0.39 is 0 Å². The van der Waals surface area contributed by atoms with Gasteiger partial charge in [0.25, 0.3) is 0 Å². The Balaban J connectivity index is 3.31. The number of hydrogen-bond donors (Lipinski definition) is 1. The molecule has 0 radical (unpaired) electrons. The van der Waals surface area contributed by atoms with E-state index in [1.807, 2.05) is 13.8 Å². The number of unbranched alkanes of at least 4 members (excludes halogenated alkanes) is 2. The van der Waals surface area contributed by atoms with Crippen LogP contribution in [0.3, 0.4) is 0 Å². The average molecular weight is 243 g/mol. The number of hydrogen-bond acceptors (Lipinski definition) is 2. The maximum atomic E-state index is 11.5. The molecule has 3 heteroatoms. The minimum absolute atomic E-state index is 0.0786. The van der Waals surface area contributed by atoms with Crippen LogP contribution >= 0.6 is 0 Å². The first kappa shape index (κ1) is 16.4. The van der Waals surface area contributed by atoms with Crippen LogP contribution in [0.15, 0.2) is 0 Å². The molecule has 0 bridgehead atoms. The van der Waals surface area contributed by atoms with Gasteiger partial charge in [0.15, 0.2) is 0 Å². The molecule has 0 heterocycles. The van der Waals surface area contributed by atoms with E-state index in [1.165, 1.54) is 0 Å². The van der Waals surface area contributed by atoms with Crippen molar-refractivity contribution in [3.63, 3.8) is 0 Å². The molecule has 0 spiro atoms. The molecule has 0 aliphatic carbocycles. The third-order valence-corrected chi connectivity index (χ3v) is 2.29. The summed E-state index contributed by atoms with van der Waals surface area (Å²) >= 11 is 0. The third-order valence-electron chi connectivity index (χ3n) is 2.29. The molecular weight excluding hydrogens is 214 g/mol. The standard InChI is InChI=1S/C14H29NO2/c1-12(2)17-10-8-6-7-9-15-13(16)11-14(3,4)5/h12H,6-11H2,1-5H3,(H,15,16). The van der Waals surface area contributed by atoms with Crippen LogP contribution in [-0.2, 0) is 9.53 Å². The molecule has 1 amide bonds. The number of nitrogens with one attached hydrogen (secondary N) is 1. The van der Waals surface area contributed by atoms with E-state index in [-0.39, 0.29) is 11.3 Å². The molecule has 0 rings (SSSR count). The van der Waals surface area contributed by atoms with Crippen molar-refractivity contribution in [1.29, 1.82) is 0 Å². The van der Waals surface area contributed by atoms with Gasteiger partial charge in [-0.3, -0.25) is 4.79 Å². The van der Waals surface area contributed by atoms with Crippen LogP contribution in [0.1, 0.15) is 60.3 Å². The van der Waals surface area contributed by atoms with Crippen molar-refractivity contribution in [3.8, 4) is 0 Å². The summed E-state index contributed by atoms with van der Waals surface area (Å²) in [5.74, 6) is 0.163. The zero-order valence-electron chi connectivity index (χ0n) is 12.1. The Hall–Kier alpha value is -0.570. The van der Waals surface area contributed by atoms with Crippen LogP contribution in [-0.4, -0.2) is 25.2 Å². The van der Waals surface area contributed by atoms with Gasteiger partial charge in [0.05, 0.1) is 6.10 Å². The zero-order chi connectivity index (χ0) is 13.3. The smallest absolute Gasteiger partial charge is 0.220 e. The van der Waals surface area contributed by atoms with Gasteiger partial charge in [-0.1, -0.05) is 20.8 Å². The van der Waals surface area contributed by atoms with Crippen molar-refractivity contribution >= 4 is 5.91 Å². The fourth-order valence-corrected chi connectivity index (χ4v) is 1.49. The maximum absolute atomic E-state index is 11.5. The SMILES string of the molecule is CC(C)OCCCCCNC(=O)CC(C)(C)C. The highest BCUT2D eigenvalue weighted by Gasteiger charge is 2.14. The quantitative estimate of drug-likeness (QED) is 0.665. The Labute approximate surface area is 106 Å². The van der Waals surface area contributed by atoms with Crippen molar-refractivity contribution in [2.24, 2.45) is 5.41 Å². The van der Waals surface area contributed by atoms with E-state index in [4.69, 9.17) is 4.74 Å². The van der Waals surface area contributed by atoms with Crippen LogP contribution in [0.2, 0.25) is 0 Å². The molecule has 0 saturated carbocycles. The second kappa shape index (κ2) is 8.51. The van der Waals surface area contributed by atoms with Gasteiger partial charge < -0.3 is 10.1 Å². The molecule has 0 atom stereocenters. The summed E-state index contributed by atoms with van der Waals surface area (Å²) in [5, 5.41) is 2.96. The number of amides is 1. The summed E-state index contributed by atoms with van der Waals surface area (Å²) in [6.45, 7) is 11.9. The number of carbonyl (C=O) groups is 1. The van der Waals surface area contributed by atoms with Gasteiger partial charge in [0.2, 0.25) is 5.91 Å². The summed E-state index contributed by atoms with van der Waals surface area (Å²) in [5.41, 5.74) is 0.0786. The fraction of sp³-hybridized carbons (Fsp3) is 0.929. The maximum Gasteiger partial charge on any atom is 0.220 e. The van der Waals surface area contributed by atoms with E-state index in [1.54, 1.807) is 0 Å². The first-order chi connectivity index (χ1) is 7.81. The molecule has 1 N–H and O–H groups in total. The van der Waals surface area contributed by atoms with Crippen molar-refractivity contribution in [3.05, 3.63) is 0 Å². The van der Waals surface area contributed by atoms with E-state index in [0.29, 0.717) is 12.5 Å². The molecule has 0 aliphatic heterocycles. The molecule has 0 aromatic heterocycles. The summed E-state index contributed by atoms with van der Waals surface area (Å²) in [6.07, 6.45) is 4.15. The highest BCUT2D eigenvalue weighted by atomic mass is 16.5. The normalized spacial score (nSPS) is 11.9. The summed E-state index contributed by atoms with van der Waals surface area (Å²) in [4.78, 5) is 11.5. The van der Waals surface area contributed by atoms with Crippen molar-refractivity contribution < 1.29 is 9.53 Å². The van der Waals surface area contributed by atoms with Gasteiger partial charge in [-0.2, -0.15) is 0 Å². The van der Waals surface area contributed by atoms with Crippen molar-refractivity contribution in [2.45, 2.75) is 66.4 Å². The molecular formula is C14H29NO2. The van der Waals surface area contributed by atoms with E-state index in [2.05, 4.69) is 26.1 Å². The lowest BCUT2D eigenvalue weighted by Crippen LogP contribution is -2.28. The Morgan fingerprint density at radius 2 is 1.82 bits per heavy atom. The lowest BCUT2D eigenvalue weighted by Gasteiger charge is -2.17. The average Bonchev–Trinajstić information content (AvgIpc) is 2.12. The van der Waals surface area contributed by atoms with Gasteiger partial charge in [-0.15, -0.1) is 0 Å². The van der Waals surface area contributed by atoms with Crippen LogP contribution in [0.4, 0.5) is 0 Å². The minimum atomic E-state index is 0.0786. The van der Waals surface area contributed by atoms with E-state index >= 15 is 0 Å². The van der Waals surface area contributed by atoms with Crippen LogP contribution in [0.5, 0.6) is 0 Å². The highest BCUT2D eigenvalue weighted by molar-refractivity contribution is 5.76. The largest absolute Gasteiger partial charge is 0.379 e. The Morgan fingerprint density at radius 1 is 1.18 bits per heavy atom. The van der Waals surface area contributed by atoms with Gasteiger partial charge >= 0.3 is 0 Å². The number of ether oxygens (including phenoxy) is 1. The first-order valence-corrected chi connectivity index (χ1v) is 6.69. The molecule has 0 aromatic rings. The molecule has 0 saturated heterocycles. The van der Waals surface area contributed by atoms with Gasteiger partial charge in [-0.25, -0.2) is 0 Å². The molecule has 3 nitrogen and oxygen atoms in total. The van der Waals surface area contributed by atoms with Crippen LogP contribution in [0.25, 0.3) is 0 Å². The Bertz CT molecular complexity index is 207. The molecule has 0 fully saturated rings. The van der Waals surface area contributed by atoms with Crippen LogP contribution in [0, 0.1) is 5.41 Å². The summed E-state index contributed by atoms with van der Waals surface area (Å²) < 4.78 is 5.45. The molecule has 0 aromatic carbocycles.